The highest BCUT2D eigenvalue weighted by molar-refractivity contribution is 4.87. The zero-order chi connectivity index (χ0) is 12.4. The molecule has 0 bridgehead atoms. The zero-order valence-corrected chi connectivity index (χ0v) is 11.9. The van der Waals surface area contributed by atoms with Gasteiger partial charge in [0, 0.05) is 44.8 Å². The molecule has 0 radical (unpaired) electrons. The van der Waals surface area contributed by atoms with Crippen LogP contribution in [0.5, 0.6) is 0 Å². The Balaban J connectivity index is 1.43. The van der Waals surface area contributed by atoms with E-state index >= 15 is 0 Å². The van der Waals surface area contributed by atoms with Gasteiger partial charge in [-0.1, -0.05) is 6.42 Å². The van der Waals surface area contributed by atoms with Crippen LogP contribution >= 0.6 is 0 Å². The fraction of sp³-hybridized carbons (Fsp3) is 1.00. The second kappa shape index (κ2) is 5.89. The van der Waals surface area contributed by atoms with Gasteiger partial charge in [0.15, 0.2) is 0 Å². The van der Waals surface area contributed by atoms with Crippen LogP contribution in [0.1, 0.15) is 38.5 Å². The van der Waals surface area contributed by atoms with Crippen LogP contribution in [0.4, 0.5) is 0 Å². The van der Waals surface area contributed by atoms with E-state index in [0.29, 0.717) is 0 Å². The molecule has 2 atom stereocenters. The van der Waals surface area contributed by atoms with Crippen molar-refractivity contribution in [3.05, 3.63) is 0 Å². The monoisotopic (exact) mass is 251 g/mol. The number of nitrogens with one attached hydrogen (secondary N) is 1. The highest BCUT2D eigenvalue weighted by Gasteiger charge is 2.30. The van der Waals surface area contributed by atoms with E-state index in [-0.39, 0.29) is 0 Å². The molecule has 0 spiro atoms. The molecule has 3 nitrogen and oxygen atoms in total. The molecular formula is C15H29N3. The van der Waals surface area contributed by atoms with Gasteiger partial charge in [-0.25, -0.2) is 0 Å². The maximum Gasteiger partial charge on any atom is 0.0113 e. The Bertz CT molecular complexity index is 256. The molecule has 18 heavy (non-hydrogen) atoms. The van der Waals surface area contributed by atoms with Gasteiger partial charge < -0.3 is 10.2 Å². The highest BCUT2D eigenvalue weighted by Crippen LogP contribution is 2.30. The summed E-state index contributed by atoms with van der Waals surface area (Å²) < 4.78 is 0. The van der Waals surface area contributed by atoms with Crippen LogP contribution in [0.2, 0.25) is 0 Å². The normalized spacial score (nSPS) is 35.8. The Morgan fingerprint density at radius 1 is 1.00 bits per heavy atom. The molecule has 0 aromatic rings. The number of piperazine rings is 1. The lowest BCUT2D eigenvalue weighted by molar-refractivity contribution is 0.0706. The molecule has 1 aliphatic heterocycles. The lowest BCUT2D eigenvalue weighted by Gasteiger charge is -2.42. The second-order valence-corrected chi connectivity index (χ2v) is 6.59. The number of hydrogen-bond acceptors (Lipinski definition) is 3. The molecule has 104 valence electrons. The quantitative estimate of drug-likeness (QED) is 0.818. The fourth-order valence-corrected chi connectivity index (χ4v) is 3.73. The summed E-state index contributed by atoms with van der Waals surface area (Å²) in [5, 5.41) is 3.48. The van der Waals surface area contributed by atoms with Gasteiger partial charge in [0.25, 0.3) is 0 Å². The molecule has 1 heterocycles. The second-order valence-electron chi connectivity index (χ2n) is 6.59. The third kappa shape index (κ3) is 3.25. The molecule has 2 aliphatic carbocycles. The Morgan fingerprint density at radius 3 is 2.44 bits per heavy atom. The number of nitrogens with zero attached hydrogens (tertiary/aromatic N) is 2. The molecule has 2 saturated carbocycles. The molecule has 0 amide bonds. The molecule has 0 aromatic carbocycles. The van der Waals surface area contributed by atoms with Crippen molar-refractivity contribution in [3.8, 4) is 0 Å². The fourth-order valence-electron chi connectivity index (χ4n) is 3.73. The van der Waals surface area contributed by atoms with Crippen LogP contribution in [-0.4, -0.2) is 61.7 Å². The summed E-state index contributed by atoms with van der Waals surface area (Å²) >= 11 is 0. The van der Waals surface area contributed by atoms with E-state index in [4.69, 9.17) is 0 Å². The first-order valence-electron chi connectivity index (χ1n) is 7.99. The van der Waals surface area contributed by atoms with Crippen molar-refractivity contribution in [2.45, 2.75) is 50.6 Å². The van der Waals surface area contributed by atoms with Gasteiger partial charge in [-0.05, 0) is 45.1 Å². The summed E-state index contributed by atoms with van der Waals surface area (Å²) in [6.45, 7) is 6.65. The van der Waals surface area contributed by atoms with Crippen molar-refractivity contribution in [3.63, 3.8) is 0 Å². The predicted molar refractivity (Wildman–Crippen MR) is 75.8 cm³/mol. The first-order chi connectivity index (χ1) is 8.85. The van der Waals surface area contributed by atoms with E-state index in [1.165, 1.54) is 71.2 Å². The van der Waals surface area contributed by atoms with Crippen LogP contribution in [0.15, 0.2) is 0 Å². The SMILES string of the molecule is CNC1CCCC(N2CCN(CC3CC3)CC2)C1. The van der Waals surface area contributed by atoms with Gasteiger partial charge >= 0.3 is 0 Å². The molecule has 3 heteroatoms. The molecule has 2 unspecified atom stereocenters. The summed E-state index contributed by atoms with van der Waals surface area (Å²) in [4.78, 5) is 5.47. The third-order valence-electron chi connectivity index (χ3n) is 5.19. The minimum absolute atomic E-state index is 0.772. The maximum atomic E-state index is 3.48. The minimum atomic E-state index is 0.772. The maximum absolute atomic E-state index is 3.48. The summed E-state index contributed by atoms with van der Waals surface area (Å²) in [5.74, 6) is 1.06. The van der Waals surface area contributed by atoms with E-state index in [1.807, 2.05) is 0 Å². The van der Waals surface area contributed by atoms with E-state index in [0.717, 1.165) is 18.0 Å². The Labute approximate surface area is 112 Å². The molecule has 3 fully saturated rings. The van der Waals surface area contributed by atoms with Gasteiger partial charge in [0.1, 0.15) is 0 Å². The van der Waals surface area contributed by atoms with Crippen LogP contribution in [-0.2, 0) is 0 Å². The van der Waals surface area contributed by atoms with Gasteiger partial charge in [-0.15, -0.1) is 0 Å². The highest BCUT2D eigenvalue weighted by atomic mass is 15.3. The van der Waals surface area contributed by atoms with Crippen molar-refractivity contribution < 1.29 is 0 Å². The lowest BCUT2D eigenvalue weighted by atomic mass is 9.89. The zero-order valence-electron chi connectivity index (χ0n) is 11.9. The van der Waals surface area contributed by atoms with Crippen molar-refractivity contribution in [1.29, 1.82) is 0 Å². The molecule has 0 aromatic heterocycles. The smallest absolute Gasteiger partial charge is 0.0113 e. The molecule has 3 rings (SSSR count). The Hall–Kier alpha value is -0.120. The molecule has 3 aliphatic rings. The summed E-state index contributed by atoms with van der Waals surface area (Å²) in [7, 11) is 2.13. The van der Waals surface area contributed by atoms with Gasteiger partial charge in [0.05, 0.1) is 0 Å². The first kappa shape index (κ1) is 12.9. The molecule has 1 N–H and O–H groups in total. The molecule has 1 saturated heterocycles. The van der Waals surface area contributed by atoms with Crippen LogP contribution < -0.4 is 5.32 Å². The van der Waals surface area contributed by atoms with Crippen molar-refractivity contribution in [2.24, 2.45) is 5.92 Å². The van der Waals surface area contributed by atoms with Crippen molar-refractivity contribution in [1.82, 2.24) is 15.1 Å². The Kier molecular flexibility index (Phi) is 4.22. The average Bonchev–Trinajstić information content (AvgIpc) is 3.24. The van der Waals surface area contributed by atoms with E-state index in [9.17, 15) is 0 Å². The van der Waals surface area contributed by atoms with Gasteiger partial charge in [-0.2, -0.15) is 0 Å². The third-order valence-corrected chi connectivity index (χ3v) is 5.19. The van der Waals surface area contributed by atoms with E-state index in [1.54, 1.807) is 0 Å². The topological polar surface area (TPSA) is 18.5 Å². The standard InChI is InChI=1S/C15H29N3/c1-16-14-3-2-4-15(11-14)18-9-7-17(8-10-18)12-13-5-6-13/h13-16H,2-12H2,1H3. The van der Waals surface area contributed by atoms with Crippen molar-refractivity contribution in [2.75, 3.05) is 39.8 Å². The minimum Gasteiger partial charge on any atom is -0.317 e. The lowest BCUT2D eigenvalue weighted by Crippen LogP contribution is -2.52. The summed E-state index contributed by atoms with van der Waals surface area (Å²) in [6, 6.07) is 1.63. The van der Waals surface area contributed by atoms with Crippen LogP contribution in [0.25, 0.3) is 0 Å². The first-order valence-corrected chi connectivity index (χ1v) is 7.99. The summed E-state index contributed by atoms with van der Waals surface area (Å²) in [6.07, 6.45) is 8.59. The number of hydrogen-bond donors (Lipinski definition) is 1. The van der Waals surface area contributed by atoms with E-state index < -0.39 is 0 Å². The van der Waals surface area contributed by atoms with Crippen molar-refractivity contribution >= 4 is 0 Å². The van der Waals surface area contributed by atoms with Gasteiger partial charge in [-0.3, -0.25) is 4.90 Å². The molecular weight excluding hydrogens is 222 g/mol. The summed E-state index contributed by atoms with van der Waals surface area (Å²) in [5.41, 5.74) is 0. The van der Waals surface area contributed by atoms with Crippen LogP contribution in [0, 0.1) is 5.92 Å². The predicted octanol–water partition coefficient (Wildman–Crippen LogP) is 1.54. The average molecular weight is 251 g/mol. The Morgan fingerprint density at radius 2 is 1.78 bits per heavy atom. The van der Waals surface area contributed by atoms with Gasteiger partial charge in [0.2, 0.25) is 0 Å². The largest absolute Gasteiger partial charge is 0.317 e. The van der Waals surface area contributed by atoms with Crippen LogP contribution in [0.3, 0.4) is 0 Å². The number of rotatable bonds is 4. The van der Waals surface area contributed by atoms with E-state index in [2.05, 4.69) is 22.2 Å².